The number of hydrogen-bond acceptors (Lipinski definition) is 4. The molecule has 0 aliphatic rings. The highest BCUT2D eigenvalue weighted by atomic mass is 32.2. The second kappa shape index (κ2) is 4.09. The van der Waals surface area contributed by atoms with Crippen molar-refractivity contribution >= 4 is 15.7 Å². The van der Waals surface area contributed by atoms with Crippen molar-refractivity contribution in [3.63, 3.8) is 0 Å². The van der Waals surface area contributed by atoms with Gasteiger partial charge in [0.25, 0.3) is 10.0 Å². The smallest absolute Gasteiger partial charge is 0.265 e. The molecule has 0 aliphatic carbocycles. The highest BCUT2D eigenvalue weighted by molar-refractivity contribution is 7.92. The van der Waals surface area contributed by atoms with Crippen LogP contribution in [0, 0.1) is 11.9 Å². The lowest BCUT2D eigenvalue weighted by atomic mass is 10.4. The van der Waals surface area contributed by atoms with Crippen LogP contribution >= 0.6 is 0 Å². The molecular formula is C8H6F2N4O2S. The second-order valence-electron chi connectivity index (χ2n) is 3.01. The fraction of sp³-hybridized carbons (Fsp3) is 0. The molecule has 0 unspecified atom stereocenters. The number of pyridine rings is 1. The van der Waals surface area contributed by atoms with Crippen molar-refractivity contribution in [3.05, 3.63) is 36.4 Å². The standard InChI is InChI=1S/C8H6F2N4O2S/c9-7-2-1-6(8(10)13-7)14-17(15,16)5-3-11-12-4-5/h1-4,14H,(H,11,12). The largest absolute Gasteiger partial charge is 0.284 e. The minimum atomic E-state index is -3.95. The third kappa shape index (κ3) is 2.38. The Morgan fingerprint density at radius 1 is 1.29 bits per heavy atom. The molecule has 6 nitrogen and oxygen atoms in total. The number of sulfonamides is 1. The van der Waals surface area contributed by atoms with Crippen molar-refractivity contribution in [2.24, 2.45) is 0 Å². The minimum Gasteiger partial charge on any atom is -0.284 e. The zero-order valence-corrected chi connectivity index (χ0v) is 9.00. The molecule has 0 aromatic carbocycles. The van der Waals surface area contributed by atoms with E-state index in [1.807, 2.05) is 4.72 Å². The predicted molar refractivity (Wildman–Crippen MR) is 53.5 cm³/mol. The fourth-order valence-corrected chi connectivity index (χ4v) is 2.04. The van der Waals surface area contributed by atoms with E-state index in [1.165, 1.54) is 0 Å². The number of aromatic amines is 1. The fourth-order valence-electron chi connectivity index (χ4n) is 1.08. The maximum Gasteiger partial charge on any atom is 0.265 e. The van der Waals surface area contributed by atoms with Gasteiger partial charge >= 0.3 is 0 Å². The van der Waals surface area contributed by atoms with Crippen LogP contribution in [0.25, 0.3) is 0 Å². The van der Waals surface area contributed by atoms with Crippen LogP contribution < -0.4 is 4.72 Å². The number of aromatic nitrogens is 3. The van der Waals surface area contributed by atoms with Crippen LogP contribution in [0.5, 0.6) is 0 Å². The Labute approximate surface area is 94.7 Å². The van der Waals surface area contributed by atoms with Crippen molar-refractivity contribution in [1.82, 2.24) is 15.2 Å². The number of nitrogens with zero attached hydrogens (tertiary/aromatic N) is 2. The van der Waals surface area contributed by atoms with Gasteiger partial charge < -0.3 is 0 Å². The summed E-state index contributed by atoms with van der Waals surface area (Å²) in [7, 11) is -3.95. The quantitative estimate of drug-likeness (QED) is 0.802. The van der Waals surface area contributed by atoms with Crippen LogP contribution in [0.1, 0.15) is 0 Å². The minimum absolute atomic E-state index is 0.166. The van der Waals surface area contributed by atoms with Gasteiger partial charge in [-0.1, -0.05) is 0 Å². The van der Waals surface area contributed by atoms with Crippen molar-refractivity contribution in [1.29, 1.82) is 0 Å². The Kier molecular flexibility index (Phi) is 2.76. The van der Waals surface area contributed by atoms with Crippen LogP contribution in [0.2, 0.25) is 0 Å². The summed E-state index contributed by atoms with van der Waals surface area (Å²) in [5.41, 5.74) is -0.437. The highest BCUT2D eigenvalue weighted by Crippen LogP contribution is 2.17. The summed E-state index contributed by atoms with van der Waals surface area (Å²) in [5.74, 6) is -2.27. The topological polar surface area (TPSA) is 87.7 Å². The summed E-state index contributed by atoms with van der Waals surface area (Å²) in [6, 6.07) is 1.78. The Balaban J connectivity index is 2.33. The first-order chi connectivity index (χ1) is 7.99. The first kappa shape index (κ1) is 11.5. The molecule has 2 heterocycles. The molecule has 17 heavy (non-hydrogen) atoms. The number of hydrogen-bond donors (Lipinski definition) is 2. The summed E-state index contributed by atoms with van der Waals surface area (Å²) in [6.45, 7) is 0. The molecule has 2 rings (SSSR count). The van der Waals surface area contributed by atoms with Gasteiger partial charge in [0.1, 0.15) is 10.6 Å². The van der Waals surface area contributed by atoms with Crippen molar-refractivity contribution in [2.45, 2.75) is 4.90 Å². The van der Waals surface area contributed by atoms with Gasteiger partial charge in [0, 0.05) is 6.20 Å². The zero-order valence-electron chi connectivity index (χ0n) is 8.18. The van der Waals surface area contributed by atoms with Gasteiger partial charge in [-0.05, 0) is 12.1 Å². The molecule has 90 valence electrons. The summed E-state index contributed by atoms with van der Waals surface area (Å²) >= 11 is 0. The molecule has 0 amide bonds. The van der Waals surface area contributed by atoms with Crippen LogP contribution in [0.4, 0.5) is 14.5 Å². The number of nitrogens with one attached hydrogen (secondary N) is 2. The lowest BCUT2D eigenvalue weighted by molar-refractivity contribution is 0.515. The van der Waals surface area contributed by atoms with Gasteiger partial charge in [-0.3, -0.25) is 9.82 Å². The van der Waals surface area contributed by atoms with Gasteiger partial charge in [0.05, 0.1) is 6.20 Å². The second-order valence-corrected chi connectivity index (χ2v) is 4.69. The van der Waals surface area contributed by atoms with E-state index in [0.717, 1.165) is 24.5 Å². The predicted octanol–water partition coefficient (Wildman–Crippen LogP) is 0.884. The first-order valence-corrected chi connectivity index (χ1v) is 5.81. The SMILES string of the molecule is O=S(=O)(Nc1ccc(F)nc1F)c1cn[nH]c1. The molecule has 0 spiro atoms. The molecule has 0 saturated carbocycles. The Hall–Kier alpha value is -2.03. The highest BCUT2D eigenvalue weighted by Gasteiger charge is 2.17. The van der Waals surface area contributed by atoms with E-state index in [0.29, 0.717) is 0 Å². The lowest BCUT2D eigenvalue weighted by Gasteiger charge is -2.05. The van der Waals surface area contributed by atoms with Crippen LogP contribution in [-0.2, 0) is 10.0 Å². The molecule has 0 bridgehead atoms. The van der Waals surface area contributed by atoms with Crippen LogP contribution in [0.15, 0.2) is 29.4 Å². The van der Waals surface area contributed by atoms with E-state index in [-0.39, 0.29) is 4.90 Å². The van der Waals surface area contributed by atoms with Crippen molar-refractivity contribution in [2.75, 3.05) is 4.72 Å². The monoisotopic (exact) mass is 260 g/mol. The van der Waals surface area contributed by atoms with E-state index < -0.39 is 27.6 Å². The summed E-state index contributed by atoms with van der Waals surface area (Å²) in [4.78, 5) is 2.69. The molecule has 2 aromatic heterocycles. The molecule has 0 radical (unpaired) electrons. The van der Waals surface area contributed by atoms with E-state index in [2.05, 4.69) is 15.2 Å². The van der Waals surface area contributed by atoms with E-state index in [9.17, 15) is 17.2 Å². The number of halogens is 2. The zero-order chi connectivity index (χ0) is 12.5. The molecular weight excluding hydrogens is 254 g/mol. The molecule has 0 fully saturated rings. The Morgan fingerprint density at radius 3 is 2.65 bits per heavy atom. The van der Waals surface area contributed by atoms with E-state index in [4.69, 9.17) is 0 Å². The Bertz CT molecular complexity index is 627. The molecule has 2 N–H and O–H groups in total. The van der Waals surface area contributed by atoms with Gasteiger partial charge in [-0.15, -0.1) is 0 Å². The maximum absolute atomic E-state index is 13.1. The average molecular weight is 260 g/mol. The third-order valence-corrected chi connectivity index (χ3v) is 3.18. The van der Waals surface area contributed by atoms with Gasteiger partial charge in [0.15, 0.2) is 0 Å². The maximum atomic E-state index is 13.1. The first-order valence-electron chi connectivity index (χ1n) is 4.33. The van der Waals surface area contributed by atoms with Gasteiger partial charge in [-0.2, -0.15) is 18.9 Å². The number of H-pyrrole nitrogens is 1. The van der Waals surface area contributed by atoms with Crippen molar-refractivity contribution in [3.8, 4) is 0 Å². The lowest BCUT2D eigenvalue weighted by Crippen LogP contribution is -2.14. The average Bonchev–Trinajstić information content (AvgIpc) is 2.76. The number of anilines is 1. The molecule has 2 aromatic rings. The molecule has 9 heteroatoms. The third-order valence-electron chi connectivity index (χ3n) is 1.84. The summed E-state index contributed by atoms with van der Waals surface area (Å²) < 4.78 is 50.8. The number of rotatable bonds is 3. The molecule has 0 atom stereocenters. The van der Waals surface area contributed by atoms with E-state index >= 15 is 0 Å². The molecule has 0 aliphatic heterocycles. The van der Waals surface area contributed by atoms with Gasteiger partial charge in [-0.25, -0.2) is 8.42 Å². The van der Waals surface area contributed by atoms with Crippen LogP contribution in [0.3, 0.4) is 0 Å². The van der Waals surface area contributed by atoms with Crippen molar-refractivity contribution < 1.29 is 17.2 Å². The van der Waals surface area contributed by atoms with Crippen LogP contribution in [-0.4, -0.2) is 23.6 Å². The Morgan fingerprint density at radius 2 is 2.06 bits per heavy atom. The normalized spacial score (nSPS) is 11.4. The summed E-state index contributed by atoms with van der Waals surface area (Å²) in [6.07, 6.45) is 2.17. The van der Waals surface area contributed by atoms with E-state index in [1.54, 1.807) is 0 Å². The summed E-state index contributed by atoms with van der Waals surface area (Å²) in [5, 5.41) is 5.76. The van der Waals surface area contributed by atoms with Gasteiger partial charge in [0.2, 0.25) is 11.9 Å². The molecule has 0 saturated heterocycles.